The molecule has 0 saturated carbocycles. The Hall–Kier alpha value is -1.27. The molecule has 0 atom stereocenters. The van der Waals surface area contributed by atoms with Gasteiger partial charge in [-0.05, 0) is 13.0 Å². The molecule has 4 heteroatoms. The Bertz CT molecular complexity index is 332. The molecular formula is C10H12ClN3. The number of nitrogens with zero attached hydrogens (tertiary/aromatic N) is 3. The quantitative estimate of drug-likeness (QED) is 0.765. The summed E-state index contributed by atoms with van der Waals surface area (Å²) in [4.78, 5) is 5.98. The van der Waals surface area contributed by atoms with Crippen LogP contribution in [0.5, 0.6) is 0 Å². The van der Waals surface area contributed by atoms with Gasteiger partial charge >= 0.3 is 0 Å². The maximum atomic E-state index is 8.50. The Labute approximate surface area is 88.9 Å². The Morgan fingerprint density at radius 3 is 3.00 bits per heavy atom. The maximum absolute atomic E-state index is 8.50. The minimum Gasteiger partial charge on any atom is -0.369 e. The number of anilines is 1. The van der Waals surface area contributed by atoms with Crippen molar-refractivity contribution in [2.45, 2.75) is 13.3 Å². The van der Waals surface area contributed by atoms with Crippen molar-refractivity contribution < 1.29 is 0 Å². The van der Waals surface area contributed by atoms with Crippen molar-refractivity contribution in [3.8, 4) is 6.07 Å². The Morgan fingerprint density at radius 1 is 1.64 bits per heavy atom. The largest absolute Gasteiger partial charge is 0.369 e. The van der Waals surface area contributed by atoms with Gasteiger partial charge in [-0.25, -0.2) is 0 Å². The van der Waals surface area contributed by atoms with Gasteiger partial charge in [0.2, 0.25) is 0 Å². The first kappa shape index (κ1) is 10.8. The molecule has 0 aliphatic rings. The molecule has 0 amide bonds. The van der Waals surface area contributed by atoms with Crippen LogP contribution in [0.1, 0.15) is 13.3 Å². The number of hydrogen-bond donors (Lipinski definition) is 0. The van der Waals surface area contributed by atoms with Gasteiger partial charge in [0.05, 0.1) is 23.2 Å². The van der Waals surface area contributed by atoms with Crippen LogP contribution in [0.25, 0.3) is 0 Å². The third-order valence-corrected chi connectivity index (χ3v) is 2.26. The molecule has 0 aliphatic carbocycles. The van der Waals surface area contributed by atoms with Crippen LogP contribution in [0.15, 0.2) is 18.5 Å². The fourth-order valence-corrected chi connectivity index (χ4v) is 1.50. The first-order chi connectivity index (χ1) is 6.79. The molecular weight excluding hydrogens is 198 g/mol. The van der Waals surface area contributed by atoms with Gasteiger partial charge < -0.3 is 4.90 Å². The summed E-state index contributed by atoms with van der Waals surface area (Å²) in [5.74, 6) is 0. The summed E-state index contributed by atoms with van der Waals surface area (Å²) in [5.41, 5.74) is 0.944. The van der Waals surface area contributed by atoms with E-state index in [4.69, 9.17) is 16.9 Å². The lowest BCUT2D eigenvalue weighted by Gasteiger charge is -2.22. The van der Waals surface area contributed by atoms with E-state index >= 15 is 0 Å². The number of halogens is 1. The number of nitriles is 1. The molecule has 0 aliphatic heterocycles. The van der Waals surface area contributed by atoms with Crippen molar-refractivity contribution >= 4 is 17.3 Å². The summed E-state index contributed by atoms with van der Waals surface area (Å²) in [6, 6.07) is 3.99. The van der Waals surface area contributed by atoms with Crippen LogP contribution in [0.3, 0.4) is 0 Å². The molecule has 0 fully saturated rings. The van der Waals surface area contributed by atoms with Crippen molar-refractivity contribution in [1.82, 2.24) is 4.98 Å². The molecule has 1 heterocycles. The fourth-order valence-electron chi connectivity index (χ4n) is 1.26. The van der Waals surface area contributed by atoms with E-state index in [1.54, 1.807) is 12.4 Å². The molecule has 0 unspecified atom stereocenters. The summed E-state index contributed by atoms with van der Waals surface area (Å²) in [6.07, 6.45) is 3.83. The van der Waals surface area contributed by atoms with Crippen LogP contribution in [-0.4, -0.2) is 18.1 Å². The molecule has 3 nitrogen and oxygen atoms in total. The summed E-state index contributed by atoms with van der Waals surface area (Å²) >= 11 is 5.99. The number of rotatable bonds is 4. The van der Waals surface area contributed by atoms with Crippen molar-refractivity contribution in [3.63, 3.8) is 0 Å². The van der Waals surface area contributed by atoms with Crippen LogP contribution in [-0.2, 0) is 0 Å². The highest BCUT2D eigenvalue weighted by Gasteiger charge is 2.07. The van der Waals surface area contributed by atoms with Crippen molar-refractivity contribution in [2.24, 2.45) is 0 Å². The van der Waals surface area contributed by atoms with E-state index in [1.807, 2.05) is 13.0 Å². The van der Waals surface area contributed by atoms with Crippen LogP contribution in [0.2, 0.25) is 5.02 Å². The number of aromatic nitrogens is 1. The monoisotopic (exact) mass is 209 g/mol. The minimum absolute atomic E-state index is 0.506. The van der Waals surface area contributed by atoms with Gasteiger partial charge in [0.1, 0.15) is 0 Å². The van der Waals surface area contributed by atoms with E-state index in [0.29, 0.717) is 18.0 Å². The zero-order valence-corrected chi connectivity index (χ0v) is 8.83. The van der Waals surface area contributed by atoms with Crippen molar-refractivity contribution in [2.75, 3.05) is 18.0 Å². The smallest absolute Gasteiger partial charge is 0.0822 e. The van der Waals surface area contributed by atoms with E-state index in [2.05, 4.69) is 16.0 Å². The summed E-state index contributed by atoms with van der Waals surface area (Å²) < 4.78 is 0. The Kier molecular flexibility index (Phi) is 4.21. The average Bonchev–Trinajstić information content (AvgIpc) is 2.21. The standard InChI is InChI=1S/C10H12ClN3/c1-2-14(7-3-5-12)10-4-6-13-8-9(10)11/h4,6,8H,2-3,7H2,1H3. The Balaban J connectivity index is 2.79. The lowest BCUT2D eigenvalue weighted by Crippen LogP contribution is -2.23. The predicted octanol–water partition coefficient (Wildman–Crippen LogP) is 2.47. The highest BCUT2D eigenvalue weighted by atomic mass is 35.5. The third-order valence-electron chi connectivity index (χ3n) is 1.97. The normalized spacial score (nSPS) is 9.50. The SMILES string of the molecule is CCN(CCC#N)c1ccncc1Cl. The van der Waals surface area contributed by atoms with E-state index in [-0.39, 0.29) is 0 Å². The third kappa shape index (κ3) is 2.61. The molecule has 1 aromatic rings. The van der Waals surface area contributed by atoms with E-state index < -0.39 is 0 Å². The van der Waals surface area contributed by atoms with E-state index in [0.717, 1.165) is 12.2 Å². The second kappa shape index (κ2) is 5.46. The predicted molar refractivity (Wildman–Crippen MR) is 57.4 cm³/mol. The second-order valence-electron chi connectivity index (χ2n) is 2.81. The molecule has 74 valence electrons. The molecule has 14 heavy (non-hydrogen) atoms. The van der Waals surface area contributed by atoms with E-state index in [9.17, 15) is 0 Å². The van der Waals surface area contributed by atoms with Crippen molar-refractivity contribution in [1.29, 1.82) is 5.26 Å². The maximum Gasteiger partial charge on any atom is 0.0822 e. The molecule has 0 aromatic carbocycles. The van der Waals surface area contributed by atoms with Gasteiger partial charge in [-0.15, -0.1) is 0 Å². The lowest BCUT2D eigenvalue weighted by atomic mass is 10.3. The summed E-state index contributed by atoms with van der Waals surface area (Å²) in [6.45, 7) is 3.58. The molecule has 0 radical (unpaired) electrons. The molecule has 0 spiro atoms. The highest BCUT2D eigenvalue weighted by Crippen LogP contribution is 2.23. The zero-order valence-electron chi connectivity index (χ0n) is 8.07. The van der Waals surface area contributed by atoms with Gasteiger partial charge in [-0.1, -0.05) is 11.6 Å². The molecule has 0 saturated heterocycles. The topological polar surface area (TPSA) is 39.9 Å². The second-order valence-corrected chi connectivity index (χ2v) is 3.22. The highest BCUT2D eigenvalue weighted by molar-refractivity contribution is 6.33. The van der Waals surface area contributed by atoms with Gasteiger partial charge in [-0.3, -0.25) is 4.98 Å². The van der Waals surface area contributed by atoms with Gasteiger partial charge in [-0.2, -0.15) is 5.26 Å². The summed E-state index contributed by atoms with van der Waals surface area (Å²) in [5, 5.41) is 9.14. The zero-order chi connectivity index (χ0) is 10.4. The van der Waals surface area contributed by atoms with Crippen LogP contribution >= 0.6 is 11.6 Å². The van der Waals surface area contributed by atoms with Gasteiger partial charge in [0.15, 0.2) is 0 Å². The van der Waals surface area contributed by atoms with Crippen molar-refractivity contribution in [3.05, 3.63) is 23.5 Å². The lowest BCUT2D eigenvalue weighted by molar-refractivity contribution is 0.826. The first-order valence-corrected chi connectivity index (χ1v) is 4.88. The van der Waals surface area contributed by atoms with Gasteiger partial charge in [0, 0.05) is 25.5 Å². The van der Waals surface area contributed by atoms with Crippen LogP contribution < -0.4 is 4.90 Å². The first-order valence-electron chi connectivity index (χ1n) is 4.51. The number of hydrogen-bond acceptors (Lipinski definition) is 3. The molecule has 1 aromatic heterocycles. The average molecular weight is 210 g/mol. The molecule has 0 bridgehead atoms. The Morgan fingerprint density at radius 2 is 2.43 bits per heavy atom. The van der Waals surface area contributed by atoms with E-state index in [1.165, 1.54) is 0 Å². The summed E-state index contributed by atoms with van der Waals surface area (Å²) in [7, 11) is 0. The van der Waals surface area contributed by atoms with Gasteiger partial charge in [0.25, 0.3) is 0 Å². The minimum atomic E-state index is 0.506. The van der Waals surface area contributed by atoms with Crippen LogP contribution in [0.4, 0.5) is 5.69 Å². The number of pyridine rings is 1. The van der Waals surface area contributed by atoms with Crippen LogP contribution in [0, 0.1) is 11.3 Å². The molecule has 0 N–H and O–H groups in total. The molecule has 1 rings (SSSR count). The fraction of sp³-hybridized carbons (Fsp3) is 0.400.